The van der Waals surface area contributed by atoms with E-state index in [1.54, 1.807) is 43.3 Å². The van der Waals surface area contributed by atoms with Crippen LogP contribution in [0.5, 0.6) is 5.75 Å². The molecular weight excluding hydrogens is 432 g/mol. The largest absolute Gasteiger partial charge is 0.481 e. The van der Waals surface area contributed by atoms with Gasteiger partial charge in [-0.1, -0.05) is 46.3 Å². The van der Waals surface area contributed by atoms with Crippen molar-refractivity contribution >= 4 is 33.4 Å². The molecule has 1 atom stereocenters. The normalized spacial score (nSPS) is 11.4. The Morgan fingerprint density at radius 1 is 0.931 bits per heavy atom. The molecule has 0 aliphatic rings. The molecule has 0 radical (unpaired) electrons. The predicted octanol–water partition coefficient (Wildman–Crippen LogP) is 4.79. The van der Waals surface area contributed by atoms with Gasteiger partial charge in [0.05, 0.1) is 0 Å². The fraction of sp³-hybridized carbons (Fsp3) is 0.130. The topological polar surface area (TPSA) is 67.4 Å². The van der Waals surface area contributed by atoms with Crippen molar-refractivity contribution in [2.75, 3.05) is 5.32 Å². The molecule has 0 unspecified atom stereocenters. The zero-order valence-corrected chi connectivity index (χ0v) is 17.5. The fourth-order valence-electron chi connectivity index (χ4n) is 2.60. The Balaban J connectivity index is 1.51. The van der Waals surface area contributed by atoms with E-state index in [2.05, 4.69) is 26.6 Å². The number of amides is 2. The molecule has 3 aromatic carbocycles. The number of nitrogens with one attached hydrogen (secondary N) is 2. The average Bonchev–Trinajstić information content (AvgIpc) is 2.75. The number of hydrogen-bond donors (Lipinski definition) is 2. The van der Waals surface area contributed by atoms with Gasteiger partial charge in [0.2, 0.25) is 0 Å². The first kappa shape index (κ1) is 20.6. The summed E-state index contributed by atoms with van der Waals surface area (Å²) in [6.07, 6.45) is -0.684. The van der Waals surface area contributed by atoms with Crippen LogP contribution in [0.15, 0.2) is 83.3 Å². The van der Waals surface area contributed by atoms with Crippen molar-refractivity contribution in [2.45, 2.75) is 19.6 Å². The summed E-state index contributed by atoms with van der Waals surface area (Å²) >= 11 is 3.36. The molecule has 29 heavy (non-hydrogen) atoms. The van der Waals surface area contributed by atoms with Crippen molar-refractivity contribution in [3.8, 4) is 5.75 Å². The summed E-state index contributed by atoms with van der Waals surface area (Å²) in [6, 6.07) is 23.7. The van der Waals surface area contributed by atoms with Crippen LogP contribution in [0.2, 0.25) is 0 Å². The molecule has 0 aliphatic carbocycles. The molecule has 0 saturated heterocycles. The highest BCUT2D eigenvalue weighted by atomic mass is 79.9. The molecule has 0 aromatic heterocycles. The first-order valence-electron chi connectivity index (χ1n) is 9.16. The highest BCUT2D eigenvalue weighted by molar-refractivity contribution is 9.10. The van der Waals surface area contributed by atoms with Crippen molar-refractivity contribution in [1.82, 2.24) is 5.32 Å². The van der Waals surface area contributed by atoms with Crippen LogP contribution in [0.25, 0.3) is 0 Å². The van der Waals surface area contributed by atoms with Crippen LogP contribution >= 0.6 is 15.9 Å². The summed E-state index contributed by atoms with van der Waals surface area (Å²) in [6.45, 7) is 2.14. The molecule has 0 heterocycles. The molecule has 3 aromatic rings. The maximum atomic E-state index is 12.3. The van der Waals surface area contributed by atoms with E-state index in [9.17, 15) is 9.59 Å². The van der Waals surface area contributed by atoms with Crippen LogP contribution < -0.4 is 15.4 Å². The minimum Gasteiger partial charge on any atom is -0.481 e. The van der Waals surface area contributed by atoms with E-state index in [-0.39, 0.29) is 11.8 Å². The molecule has 6 heteroatoms. The van der Waals surface area contributed by atoms with E-state index in [1.165, 1.54) is 0 Å². The van der Waals surface area contributed by atoms with Crippen LogP contribution in [0.1, 0.15) is 22.8 Å². The fourth-order valence-corrected chi connectivity index (χ4v) is 2.86. The maximum absolute atomic E-state index is 12.3. The van der Waals surface area contributed by atoms with E-state index in [4.69, 9.17) is 4.74 Å². The molecule has 3 rings (SSSR count). The molecule has 0 spiro atoms. The van der Waals surface area contributed by atoms with Crippen molar-refractivity contribution < 1.29 is 14.3 Å². The Morgan fingerprint density at radius 3 is 2.24 bits per heavy atom. The number of carbonyl (C=O) groups excluding carboxylic acids is 2. The lowest BCUT2D eigenvalue weighted by Crippen LogP contribution is -2.30. The molecule has 0 fully saturated rings. The van der Waals surface area contributed by atoms with Gasteiger partial charge >= 0.3 is 0 Å². The van der Waals surface area contributed by atoms with Crippen LogP contribution in [0.3, 0.4) is 0 Å². The second kappa shape index (κ2) is 9.89. The SMILES string of the molecule is C[C@H](Oc1ccc(C(=O)NCc2ccccc2)cc1)C(=O)Nc1ccc(Br)cc1. The van der Waals surface area contributed by atoms with Crippen LogP contribution in [-0.4, -0.2) is 17.9 Å². The summed E-state index contributed by atoms with van der Waals surface area (Å²) in [7, 11) is 0. The molecule has 0 bridgehead atoms. The monoisotopic (exact) mass is 452 g/mol. The number of anilines is 1. The van der Waals surface area contributed by atoms with Crippen molar-refractivity contribution in [3.05, 3.63) is 94.5 Å². The third-order valence-corrected chi connectivity index (χ3v) is 4.73. The summed E-state index contributed by atoms with van der Waals surface area (Å²) in [5.74, 6) is 0.0986. The first-order chi connectivity index (χ1) is 14.0. The molecule has 0 saturated carbocycles. The molecule has 5 nitrogen and oxygen atoms in total. The van der Waals surface area contributed by atoms with Gasteiger partial charge in [0.25, 0.3) is 11.8 Å². The first-order valence-corrected chi connectivity index (χ1v) is 9.96. The Hall–Kier alpha value is -3.12. The molecule has 2 amide bonds. The van der Waals surface area contributed by atoms with Gasteiger partial charge in [-0.15, -0.1) is 0 Å². The van der Waals surface area contributed by atoms with Gasteiger partial charge in [0, 0.05) is 22.3 Å². The number of halogens is 1. The molecule has 0 aliphatic heterocycles. The summed E-state index contributed by atoms with van der Waals surface area (Å²) in [5.41, 5.74) is 2.26. The van der Waals surface area contributed by atoms with E-state index in [0.717, 1.165) is 10.0 Å². The maximum Gasteiger partial charge on any atom is 0.265 e. The summed E-state index contributed by atoms with van der Waals surface area (Å²) in [5, 5.41) is 5.68. The van der Waals surface area contributed by atoms with Crippen LogP contribution in [-0.2, 0) is 11.3 Å². The Labute approximate surface area is 178 Å². The smallest absolute Gasteiger partial charge is 0.265 e. The number of rotatable bonds is 7. The number of carbonyl (C=O) groups is 2. The van der Waals surface area contributed by atoms with Gasteiger partial charge in [0.15, 0.2) is 6.10 Å². The minimum absolute atomic E-state index is 0.165. The van der Waals surface area contributed by atoms with Gasteiger partial charge in [-0.3, -0.25) is 9.59 Å². The van der Waals surface area contributed by atoms with Crippen molar-refractivity contribution in [3.63, 3.8) is 0 Å². The zero-order valence-electron chi connectivity index (χ0n) is 15.9. The lowest BCUT2D eigenvalue weighted by Gasteiger charge is -2.15. The molecule has 2 N–H and O–H groups in total. The lowest BCUT2D eigenvalue weighted by atomic mass is 10.2. The molecule has 148 valence electrons. The Morgan fingerprint density at radius 2 is 1.59 bits per heavy atom. The van der Waals surface area contributed by atoms with E-state index in [1.807, 2.05) is 42.5 Å². The summed E-state index contributed by atoms with van der Waals surface area (Å²) < 4.78 is 6.62. The van der Waals surface area contributed by atoms with Gasteiger partial charge in [-0.25, -0.2) is 0 Å². The number of hydrogen-bond acceptors (Lipinski definition) is 3. The Kier molecular flexibility index (Phi) is 7.03. The number of ether oxygens (including phenoxy) is 1. The van der Waals surface area contributed by atoms with Gasteiger partial charge in [0.1, 0.15) is 5.75 Å². The minimum atomic E-state index is -0.684. The van der Waals surface area contributed by atoms with Gasteiger partial charge in [-0.2, -0.15) is 0 Å². The van der Waals surface area contributed by atoms with Crippen molar-refractivity contribution in [1.29, 1.82) is 0 Å². The number of benzene rings is 3. The zero-order chi connectivity index (χ0) is 20.6. The highest BCUT2D eigenvalue weighted by Gasteiger charge is 2.15. The van der Waals surface area contributed by atoms with Crippen LogP contribution in [0, 0.1) is 0 Å². The van der Waals surface area contributed by atoms with Gasteiger partial charge < -0.3 is 15.4 Å². The third kappa shape index (κ3) is 6.19. The Bertz CT molecular complexity index is 958. The van der Waals surface area contributed by atoms with Crippen molar-refractivity contribution in [2.24, 2.45) is 0 Å². The highest BCUT2D eigenvalue weighted by Crippen LogP contribution is 2.17. The second-order valence-electron chi connectivity index (χ2n) is 6.45. The molecular formula is C23H21BrN2O3. The standard InChI is InChI=1S/C23H21BrN2O3/c1-16(22(27)26-20-11-9-19(24)10-12-20)29-21-13-7-18(8-14-21)23(28)25-15-17-5-3-2-4-6-17/h2-14,16H,15H2,1H3,(H,25,28)(H,26,27)/t16-/m0/s1. The van der Waals surface area contributed by atoms with E-state index in [0.29, 0.717) is 23.5 Å². The van der Waals surface area contributed by atoms with E-state index < -0.39 is 6.10 Å². The lowest BCUT2D eigenvalue weighted by molar-refractivity contribution is -0.122. The van der Waals surface area contributed by atoms with E-state index >= 15 is 0 Å². The van der Waals surface area contributed by atoms with Gasteiger partial charge in [-0.05, 0) is 61.0 Å². The quantitative estimate of drug-likeness (QED) is 0.541. The third-order valence-electron chi connectivity index (χ3n) is 4.21. The van der Waals surface area contributed by atoms with Crippen LogP contribution in [0.4, 0.5) is 5.69 Å². The second-order valence-corrected chi connectivity index (χ2v) is 7.36. The average molecular weight is 453 g/mol. The summed E-state index contributed by atoms with van der Waals surface area (Å²) in [4.78, 5) is 24.6. The predicted molar refractivity (Wildman–Crippen MR) is 117 cm³/mol.